The standard InChI is InChI=1S/C9H11O.ClH.Mg/c1-2-8-10-9-6-4-3-5-7-9;;/h3-6H,2,8H2,1H3;1H;/q-1;;+2/p-1. The topological polar surface area (TPSA) is 9.23 Å². The van der Waals surface area contributed by atoms with Crippen LogP contribution < -0.4 is 17.1 Å². The monoisotopic (exact) mass is 194 g/mol. The Bertz CT molecular complexity index is 179. The first-order chi connectivity index (χ1) is 4.93. The van der Waals surface area contributed by atoms with E-state index in [0.29, 0.717) is 0 Å². The number of hydrogen-bond acceptors (Lipinski definition) is 1. The summed E-state index contributed by atoms with van der Waals surface area (Å²) in [6.07, 6.45) is 1.04. The third-order valence-electron chi connectivity index (χ3n) is 1.14. The van der Waals surface area contributed by atoms with Gasteiger partial charge in [0.05, 0.1) is 6.61 Å². The molecule has 0 radical (unpaired) electrons. The van der Waals surface area contributed by atoms with E-state index in [1.165, 1.54) is 0 Å². The summed E-state index contributed by atoms with van der Waals surface area (Å²) in [4.78, 5) is 0. The maximum atomic E-state index is 5.30. The summed E-state index contributed by atoms with van der Waals surface area (Å²) in [7, 11) is 0. The largest absolute Gasteiger partial charge is 2.00 e. The quantitative estimate of drug-likeness (QED) is 0.439. The minimum absolute atomic E-state index is 0. The predicted octanol–water partition coefficient (Wildman–Crippen LogP) is -1.10. The van der Waals surface area contributed by atoms with Gasteiger partial charge in [-0.2, -0.15) is 18.2 Å². The van der Waals surface area contributed by atoms with Crippen molar-refractivity contribution in [2.75, 3.05) is 6.61 Å². The zero-order valence-corrected chi connectivity index (χ0v) is 9.39. The fraction of sp³-hybridized carbons (Fsp3) is 0.333. The van der Waals surface area contributed by atoms with Crippen LogP contribution in [0.4, 0.5) is 0 Å². The van der Waals surface area contributed by atoms with Gasteiger partial charge in [-0.25, -0.2) is 0 Å². The molecule has 1 rings (SSSR count). The van der Waals surface area contributed by atoms with Crippen LogP contribution in [0, 0.1) is 6.07 Å². The molecular weight excluding hydrogens is 184 g/mol. The van der Waals surface area contributed by atoms with E-state index >= 15 is 0 Å². The summed E-state index contributed by atoms with van der Waals surface area (Å²) in [5.41, 5.74) is 0. The van der Waals surface area contributed by atoms with Crippen molar-refractivity contribution in [2.24, 2.45) is 0 Å². The van der Waals surface area contributed by atoms with E-state index < -0.39 is 0 Å². The smallest absolute Gasteiger partial charge is 1.00 e. The summed E-state index contributed by atoms with van der Waals surface area (Å²) in [5.74, 6) is 0.837. The van der Waals surface area contributed by atoms with Gasteiger partial charge < -0.3 is 17.1 Å². The number of benzene rings is 1. The molecule has 0 amide bonds. The van der Waals surface area contributed by atoms with Crippen molar-refractivity contribution in [1.82, 2.24) is 0 Å². The van der Waals surface area contributed by atoms with Crippen LogP contribution in [0.15, 0.2) is 24.3 Å². The molecule has 1 aromatic rings. The van der Waals surface area contributed by atoms with Gasteiger partial charge >= 0.3 is 23.1 Å². The van der Waals surface area contributed by atoms with Gasteiger partial charge in [0.1, 0.15) is 0 Å². The summed E-state index contributed by atoms with van der Waals surface area (Å²) in [6.45, 7) is 2.86. The Morgan fingerprint density at radius 2 is 2.17 bits per heavy atom. The van der Waals surface area contributed by atoms with E-state index in [9.17, 15) is 0 Å². The predicted molar refractivity (Wildman–Crippen MR) is 46.8 cm³/mol. The van der Waals surface area contributed by atoms with Crippen molar-refractivity contribution in [1.29, 1.82) is 0 Å². The van der Waals surface area contributed by atoms with Gasteiger partial charge in [-0.1, -0.05) is 6.92 Å². The Morgan fingerprint density at radius 1 is 1.42 bits per heavy atom. The molecule has 0 saturated carbocycles. The van der Waals surface area contributed by atoms with Crippen LogP contribution in [0.3, 0.4) is 0 Å². The second kappa shape index (κ2) is 9.17. The molecule has 0 unspecified atom stereocenters. The zero-order valence-electron chi connectivity index (χ0n) is 7.22. The van der Waals surface area contributed by atoms with Crippen LogP contribution in [-0.2, 0) is 0 Å². The summed E-state index contributed by atoms with van der Waals surface area (Å²) < 4.78 is 5.30. The van der Waals surface area contributed by atoms with Crippen LogP contribution in [0.25, 0.3) is 0 Å². The van der Waals surface area contributed by atoms with Crippen LogP contribution >= 0.6 is 0 Å². The maximum absolute atomic E-state index is 5.30. The summed E-state index contributed by atoms with van der Waals surface area (Å²) >= 11 is 0. The molecule has 0 aromatic heterocycles. The molecule has 62 valence electrons. The molecule has 12 heavy (non-hydrogen) atoms. The molecule has 0 heterocycles. The Morgan fingerprint density at radius 3 is 2.67 bits per heavy atom. The first-order valence-corrected chi connectivity index (χ1v) is 3.53. The minimum atomic E-state index is 0. The Labute approximate surface area is 96.1 Å². The van der Waals surface area contributed by atoms with Crippen LogP contribution in [-0.4, -0.2) is 29.7 Å². The van der Waals surface area contributed by atoms with E-state index in [1.807, 2.05) is 24.3 Å². The van der Waals surface area contributed by atoms with Gasteiger partial charge in [-0.05, 0) is 6.42 Å². The molecule has 1 nitrogen and oxygen atoms in total. The molecule has 0 saturated heterocycles. The van der Waals surface area contributed by atoms with Crippen molar-refractivity contribution in [3.63, 3.8) is 0 Å². The van der Waals surface area contributed by atoms with Crippen molar-refractivity contribution >= 4 is 23.1 Å². The molecule has 0 N–H and O–H groups in total. The average Bonchev–Trinajstić information content (AvgIpc) is 2.03. The molecule has 0 atom stereocenters. The van der Waals surface area contributed by atoms with Crippen LogP contribution in [0.5, 0.6) is 5.75 Å². The Kier molecular flexibility index (Phi) is 11.1. The Hall–Kier alpha value is 0.0762. The number of halogens is 1. The molecule has 0 aliphatic heterocycles. The van der Waals surface area contributed by atoms with E-state index in [0.717, 1.165) is 18.8 Å². The molecule has 0 spiro atoms. The molecular formula is C9H11ClMgO. The number of ether oxygens (including phenoxy) is 1. The van der Waals surface area contributed by atoms with E-state index in [2.05, 4.69) is 13.0 Å². The van der Waals surface area contributed by atoms with Crippen molar-refractivity contribution in [3.05, 3.63) is 30.3 Å². The van der Waals surface area contributed by atoms with Crippen molar-refractivity contribution < 1.29 is 17.1 Å². The van der Waals surface area contributed by atoms with E-state index in [-0.39, 0.29) is 35.5 Å². The van der Waals surface area contributed by atoms with E-state index in [4.69, 9.17) is 4.74 Å². The third-order valence-corrected chi connectivity index (χ3v) is 1.14. The summed E-state index contributed by atoms with van der Waals surface area (Å²) in [5, 5.41) is 0. The number of rotatable bonds is 3. The van der Waals surface area contributed by atoms with Crippen molar-refractivity contribution in [3.8, 4) is 5.75 Å². The normalized spacial score (nSPS) is 7.75. The molecule has 1 aromatic carbocycles. The van der Waals surface area contributed by atoms with Gasteiger partial charge in [-0.3, -0.25) is 0 Å². The van der Waals surface area contributed by atoms with E-state index in [1.54, 1.807) is 0 Å². The van der Waals surface area contributed by atoms with Gasteiger partial charge in [0.25, 0.3) is 0 Å². The van der Waals surface area contributed by atoms with Gasteiger partial charge in [0.15, 0.2) is 0 Å². The van der Waals surface area contributed by atoms with Gasteiger partial charge in [-0.15, -0.1) is 12.1 Å². The number of para-hydroxylation sites is 1. The molecule has 0 aliphatic rings. The van der Waals surface area contributed by atoms with Crippen LogP contribution in [0.1, 0.15) is 13.3 Å². The number of hydrogen-bond donors (Lipinski definition) is 0. The fourth-order valence-electron chi connectivity index (χ4n) is 0.679. The first-order valence-electron chi connectivity index (χ1n) is 3.53. The van der Waals surface area contributed by atoms with Crippen molar-refractivity contribution in [2.45, 2.75) is 13.3 Å². The SMILES string of the molecule is CCCOc1[c-]cccc1.[Cl-].[Mg+2]. The maximum Gasteiger partial charge on any atom is 2.00 e. The molecule has 0 fully saturated rings. The minimum Gasteiger partial charge on any atom is -1.00 e. The first kappa shape index (κ1) is 14.6. The van der Waals surface area contributed by atoms with Gasteiger partial charge in [0, 0.05) is 5.75 Å². The van der Waals surface area contributed by atoms with Crippen LogP contribution in [0.2, 0.25) is 0 Å². The van der Waals surface area contributed by atoms with Gasteiger partial charge in [0.2, 0.25) is 0 Å². The molecule has 0 bridgehead atoms. The molecule has 0 aliphatic carbocycles. The zero-order chi connectivity index (χ0) is 7.23. The molecule has 3 heteroatoms. The second-order valence-corrected chi connectivity index (χ2v) is 2.08. The second-order valence-electron chi connectivity index (χ2n) is 2.08. The Balaban J connectivity index is 0. The summed E-state index contributed by atoms with van der Waals surface area (Å²) in [6, 6.07) is 10.6. The third kappa shape index (κ3) is 5.69. The average molecular weight is 195 g/mol. The fourth-order valence-corrected chi connectivity index (χ4v) is 0.679.